The highest BCUT2D eigenvalue weighted by Gasteiger charge is 2.07. The smallest absolute Gasteiger partial charge is 0.254 e. The van der Waals surface area contributed by atoms with E-state index < -0.39 is 0 Å². The maximum atomic E-state index is 10.2. The normalized spacial score (nSPS) is 10.7. The molecule has 0 saturated carbocycles. The van der Waals surface area contributed by atoms with Crippen LogP contribution in [0.1, 0.15) is 9.88 Å². The van der Waals surface area contributed by atoms with E-state index in [-0.39, 0.29) is 11.5 Å². The van der Waals surface area contributed by atoms with Gasteiger partial charge in [0, 0.05) is 22.5 Å². The van der Waals surface area contributed by atoms with Crippen molar-refractivity contribution in [2.24, 2.45) is 0 Å². The number of hydrogen-bond acceptors (Lipinski definition) is 5. The lowest BCUT2D eigenvalue weighted by Crippen LogP contribution is -2.09. The maximum Gasteiger partial charge on any atom is 0.254 e. The molecule has 0 radical (unpaired) electrons. The molecule has 72 valence electrons. The van der Waals surface area contributed by atoms with Crippen LogP contribution in [0.4, 0.5) is 0 Å². The van der Waals surface area contributed by atoms with E-state index in [4.69, 9.17) is 0 Å². The molecule has 0 aliphatic rings. The molecule has 0 aliphatic heterocycles. The summed E-state index contributed by atoms with van der Waals surface area (Å²) in [5.74, 6) is 0. The summed E-state index contributed by atoms with van der Waals surface area (Å²) in [6.45, 7) is 0.619. The summed E-state index contributed by atoms with van der Waals surface area (Å²) in [5.41, 5.74) is 0. The van der Waals surface area contributed by atoms with E-state index in [1.165, 1.54) is 11.3 Å². The minimum Gasteiger partial charge on any atom is -0.304 e. The van der Waals surface area contributed by atoms with Crippen LogP contribution >= 0.6 is 11.3 Å². The molecule has 1 heterocycles. The quantitative estimate of drug-likeness (QED) is 0.538. The van der Waals surface area contributed by atoms with E-state index in [0.29, 0.717) is 5.01 Å². The number of nitrogens with zero attached hydrogens (tertiary/aromatic N) is 3. The third-order valence-electron chi connectivity index (χ3n) is 1.34. The standard InChI is InChI=1S/C7H11N3O2S/c1-9(2)4-6-3-8-7(13-6)5-10(11)12/h3H,4-5H2,1-2H3. The van der Waals surface area contributed by atoms with Crippen LogP contribution < -0.4 is 0 Å². The number of rotatable bonds is 4. The Hall–Kier alpha value is -1.01. The predicted molar refractivity (Wildman–Crippen MR) is 50.2 cm³/mol. The highest BCUT2D eigenvalue weighted by molar-refractivity contribution is 7.11. The van der Waals surface area contributed by atoms with Gasteiger partial charge in [0.25, 0.3) is 6.54 Å². The van der Waals surface area contributed by atoms with Crippen LogP contribution in [-0.2, 0) is 13.1 Å². The van der Waals surface area contributed by atoms with Crippen molar-refractivity contribution in [3.63, 3.8) is 0 Å². The van der Waals surface area contributed by atoms with Crippen LogP contribution in [0.3, 0.4) is 0 Å². The Kier molecular flexibility index (Phi) is 3.32. The minimum atomic E-state index is -0.363. The second kappa shape index (κ2) is 4.29. The molecule has 6 heteroatoms. The van der Waals surface area contributed by atoms with E-state index in [1.807, 2.05) is 19.0 Å². The summed E-state index contributed by atoms with van der Waals surface area (Å²) in [7, 11) is 3.90. The van der Waals surface area contributed by atoms with Gasteiger partial charge in [-0.25, -0.2) is 4.98 Å². The van der Waals surface area contributed by atoms with E-state index >= 15 is 0 Å². The molecule has 0 bridgehead atoms. The van der Waals surface area contributed by atoms with Crippen molar-refractivity contribution in [1.29, 1.82) is 0 Å². The molecule has 0 fully saturated rings. The van der Waals surface area contributed by atoms with Gasteiger partial charge in [-0.1, -0.05) is 0 Å². The van der Waals surface area contributed by atoms with Crippen molar-refractivity contribution in [3.8, 4) is 0 Å². The predicted octanol–water partition coefficient (Wildman–Crippen LogP) is 0.981. The molecule has 1 aromatic heterocycles. The number of hydrogen-bond donors (Lipinski definition) is 0. The van der Waals surface area contributed by atoms with Crippen LogP contribution in [-0.4, -0.2) is 28.9 Å². The zero-order chi connectivity index (χ0) is 9.84. The number of aromatic nitrogens is 1. The lowest BCUT2D eigenvalue weighted by Gasteiger charge is -2.05. The fourth-order valence-corrected chi connectivity index (χ4v) is 1.92. The Bertz CT molecular complexity index is 298. The molecule has 0 amide bonds. The fourth-order valence-electron chi connectivity index (χ4n) is 0.916. The summed E-state index contributed by atoms with van der Waals surface area (Å²) in [4.78, 5) is 16.8. The largest absolute Gasteiger partial charge is 0.304 e. The van der Waals surface area contributed by atoms with Gasteiger partial charge < -0.3 is 4.90 Å². The van der Waals surface area contributed by atoms with Crippen LogP contribution in [0, 0.1) is 10.1 Å². The van der Waals surface area contributed by atoms with Gasteiger partial charge in [-0.3, -0.25) is 10.1 Å². The fraction of sp³-hybridized carbons (Fsp3) is 0.571. The third kappa shape index (κ3) is 3.47. The first-order chi connectivity index (χ1) is 6.08. The number of nitro groups is 1. The second-order valence-corrected chi connectivity index (χ2v) is 4.15. The van der Waals surface area contributed by atoms with E-state index in [1.54, 1.807) is 6.20 Å². The third-order valence-corrected chi connectivity index (χ3v) is 2.30. The lowest BCUT2D eigenvalue weighted by atomic mass is 10.5. The minimum absolute atomic E-state index is 0.169. The Morgan fingerprint density at radius 1 is 1.69 bits per heavy atom. The van der Waals surface area contributed by atoms with Gasteiger partial charge in [-0.05, 0) is 14.1 Å². The van der Waals surface area contributed by atoms with Crippen LogP contribution in [0.25, 0.3) is 0 Å². The van der Waals surface area contributed by atoms with Crippen molar-refractivity contribution in [3.05, 3.63) is 26.2 Å². The SMILES string of the molecule is CN(C)Cc1cnc(C[N+](=O)[O-])s1. The molecule has 1 aromatic rings. The first kappa shape index (κ1) is 10.1. The molecule has 0 spiro atoms. The van der Waals surface area contributed by atoms with E-state index in [9.17, 15) is 10.1 Å². The molecule has 0 N–H and O–H groups in total. The molecule has 0 saturated heterocycles. The summed E-state index contributed by atoms with van der Waals surface area (Å²) >= 11 is 1.40. The van der Waals surface area contributed by atoms with Crippen molar-refractivity contribution >= 4 is 11.3 Å². The summed E-state index contributed by atoms with van der Waals surface area (Å²) in [6, 6.07) is 0. The van der Waals surface area contributed by atoms with Crippen molar-refractivity contribution in [1.82, 2.24) is 9.88 Å². The molecule has 1 rings (SSSR count). The van der Waals surface area contributed by atoms with Crippen LogP contribution in [0.15, 0.2) is 6.20 Å². The van der Waals surface area contributed by atoms with Gasteiger partial charge in [0.05, 0.1) is 0 Å². The highest BCUT2D eigenvalue weighted by Crippen LogP contribution is 2.14. The van der Waals surface area contributed by atoms with Gasteiger partial charge in [-0.15, -0.1) is 11.3 Å². The van der Waals surface area contributed by atoms with Crippen molar-refractivity contribution in [2.75, 3.05) is 14.1 Å². The highest BCUT2D eigenvalue weighted by atomic mass is 32.1. The van der Waals surface area contributed by atoms with Gasteiger partial charge >= 0.3 is 0 Å². The zero-order valence-corrected chi connectivity index (χ0v) is 8.37. The monoisotopic (exact) mass is 201 g/mol. The molecule has 0 aliphatic carbocycles. The van der Waals surface area contributed by atoms with Crippen molar-refractivity contribution in [2.45, 2.75) is 13.1 Å². The average molecular weight is 201 g/mol. The molecular formula is C7H11N3O2S. The van der Waals surface area contributed by atoms with Gasteiger partial charge in [0.1, 0.15) is 0 Å². The molecule has 5 nitrogen and oxygen atoms in total. The van der Waals surface area contributed by atoms with Gasteiger partial charge in [0.2, 0.25) is 0 Å². The maximum absolute atomic E-state index is 10.2. The van der Waals surface area contributed by atoms with Crippen molar-refractivity contribution < 1.29 is 4.92 Å². The Morgan fingerprint density at radius 2 is 2.38 bits per heavy atom. The molecule has 0 atom stereocenters. The summed E-state index contributed by atoms with van der Waals surface area (Å²) < 4.78 is 0. The first-order valence-electron chi connectivity index (χ1n) is 3.78. The van der Waals surface area contributed by atoms with Crippen LogP contribution in [0.5, 0.6) is 0 Å². The Balaban J connectivity index is 2.58. The van der Waals surface area contributed by atoms with Crippen LogP contribution in [0.2, 0.25) is 0 Å². The Morgan fingerprint density at radius 3 is 2.92 bits per heavy atom. The lowest BCUT2D eigenvalue weighted by molar-refractivity contribution is -0.496. The van der Waals surface area contributed by atoms with E-state index in [0.717, 1.165) is 11.4 Å². The first-order valence-corrected chi connectivity index (χ1v) is 4.59. The average Bonchev–Trinajstić information content (AvgIpc) is 2.33. The summed E-state index contributed by atoms with van der Waals surface area (Å²) in [5, 5.41) is 10.7. The van der Waals surface area contributed by atoms with Gasteiger partial charge in [0.15, 0.2) is 5.01 Å². The molecular weight excluding hydrogens is 190 g/mol. The summed E-state index contributed by atoms with van der Waals surface area (Å²) in [6.07, 6.45) is 1.70. The molecule has 0 unspecified atom stereocenters. The Labute approximate surface area is 80.2 Å². The molecule has 0 aromatic carbocycles. The molecule has 13 heavy (non-hydrogen) atoms. The topological polar surface area (TPSA) is 59.3 Å². The second-order valence-electron chi connectivity index (χ2n) is 2.95. The zero-order valence-electron chi connectivity index (χ0n) is 7.56. The van der Waals surface area contributed by atoms with E-state index in [2.05, 4.69) is 4.98 Å². The van der Waals surface area contributed by atoms with Gasteiger partial charge in [-0.2, -0.15) is 0 Å². The number of thiazole rings is 1.